The molecule has 0 amide bonds. The van der Waals surface area contributed by atoms with Crippen LogP contribution in [0, 0.1) is 0 Å². The number of quaternary nitrogens is 1. The van der Waals surface area contributed by atoms with Crippen molar-refractivity contribution in [2.75, 3.05) is 34.3 Å². The van der Waals surface area contributed by atoms with Crippen LogP contribution in [0.4, 0.5) is 0 Å². The van der Waals surface area contributed by atoms with Crippen LogP contribution in [0.15, 0.2) is 12.2 Å². The second-order valence-electron chi connectivity index (χ2n) is 15.6. The van der Waals surface area contributed by atoms with Gasteiger partial charge in [0.05, 0.1) is 34.2 Å². The number of hydrogen-bond donors (Lipinski definition) is 0. The van der Waals surface area contributed by atoms with Gasteiger partial charge in [-0.1, -0.05) is 174 Å². The van der Waals surface area contributed by atoms with E-state index in [0.29, 0.717) is 24.1 Å². The van der Waals surface area contributed by atoms with E-state index >= 15 is 0 Å². The van der Waals surface area contributed by atoms with Crippen LogP contribution in [0.1, 0.15) is 213 Å². The number of nitrogens with zero attached hydrogens (tertiary/aromatic N) is 1. The van der Waals surface area contributed by atoms with E-state index in [1.54, 1.807) is 0 Å². The average molecular weight is 715 g/mol. The fourth-order valence-corrected chi connectivity index (χ4v) is 6.42. The molecule has 0 spiro atoms. The predicted molar refractivity (Wildman–Crippen MR) is 207 cm³/mol. The first-order valence-corrected chi connectivity index (χ1v) is 21.1. The third-order valence-electron chi connectivity index (χ3n) is 9.35. The van der Waals surface area contributed by atoms with Crippen molar-refractivity contribution in [3.05, 3.63) is 12.2 Å². The third-order valence-corrected chi connectivity index (χ3v) is 9.35. The highest BCUT2D eigenvalue weighted by Gasteiger charge is 2.25. The Morgan fingerprint density at radius 3 is 1.29 bits per heavy atom. The number of allylic oxidation sites excluding steroid dienone is 2. The molecule has 49 heavy (non-hydrogen) atoms. The second kappa shape index (κ2) is 38.2. The summed E-state index contributed by atoms with van der Waals surface area (Å²) in [5.74, 6) is -0.431. The highest BCUT2D eigenvalue weighted by molar-refractivity contribution is 5.72. The van der Waals surface area contributed by atoms with Gasteiger partial charge in [-0.05, 0) is 38.5 Å². The molecular weight excluding hydrogens is 630 g/mol. The summed E-state index contributed by atoms with van der Waals surface area (Å²) in [4.78, 5) is 25.2. The lowest BCUT2D eigenvalue weighted by atomic mass is 10.0. The van der Waals surface area contributed by atoms with Crippen LogP contribution in [-0.4, -0.2) is 56.8 Å². The Kier molecular flexibility index (Phi) is 39.0. The smallest absolute Gasteiger partial charge is 0.309 e. The maximum Gasteiger partial charge on any atom is 0.309 e. The number of carbonyl (C=O) groups excluding carboxylic acids is 2. The summed E-state index contributed by atoms with van der Waals surface area (Å²) in [5.41, 5.74) is 0. The third kappa shape index (κ3) is 41.2. The van der Waals surface area contributed by atoms with Crippen molar-refractivity contribution in [2.45, 2.75) is 219 Å². The SMILES string of the molecule is CCCCCCCC/C=C\CCCCCCCC(=O)OC(CC(=O)OCCCCCCCCCCCCCCCCCC)C[N+](C)(C)C.[Cl-]. The zero-order valence-corrected chi connectivity index (χ0v) is 34.3. The van der Waals surface area contributed by atoms with Gasteiger partial charge >= 0.3 is 11.9 Å². The molecule has 0 rings (SSSR count). The number of rotatable bonds is 37. The molecule has 1 unspecified atom stereocenters. The number of esters is 2. The summed E-state index contributed by atoms with van der Waals surface area (Å²) in [6, 6.07) is 0. The summed E-state index contributed by atoms with van der Waals surface area (Å²) in [5, 5.41) is 0. The Bertz CT molecular complexity index is 736. The largest absolute Gasteiger partial charge is 1.00 e. The molecule has 1 atom stereocenters. The molecule has 292 valence electrons. The van der Waals surface area contributed by atoms with Crippen LogP contribution in [-0.2, 0) is 19.1 Å². The maximum atomic E-state index is 12.6. The van der Waals surface area contributed by atoms with Gasteiger partial charge < -0.3 is 26.4 Å². The molecule has 0 heterocycles. The van der Waals surface area contributed by atoms with Gasteiger partial charge in [-0.25, -0.2) is 0 Å². The molecule has 0 aliphatic carbocycles. The average Bonchev–Trinajstić information content (AvgIpc) is 3.03. The van der Waals surface area contributed by atoms with E-state index in [4.69, 9.17) is 9.47 Å². The first-order chi connectivity index (χ1) is 23.3. The summed E-state index contributed by atoms with van der Waals surface area (Å²) >= 11 is 0. The lowest BCUT2D eigenvalue weighted by Crippen LogP contribution is -3.00. The van der Waals surface area contributed by atoms with E-state index in [1.807, 2.05) is 0 Å². The molecule has 0 saturated carbocycles. The summed E-state index contributed by atoms with van der Waals surface area (Å²) in [6.45, 7) is 5.62. The highest BCUT2D eigenvalue weighted by atomic mass is 35.5. The zero-order chi connectivity index (χ0) is 35.4. The van der Waals surface area contributed by atoms with Crippen LogP contribution >= 0.6 is 0 Å². The minimum atomic E-state index is -0.432. The number of ether oxygens (including phenoxy) is 2. The van der Waals surface area contributed by atoms with Gasteiger partial charge in [-0.3, -0.25) is 9.59 Å². The van der Waals surface area contributed by atoms with Crippen molar-refractivity contribution in [1.82, 2.24) is 0 Å². The molecule has 0 fully saturated rings. The summed E-state index contributed by atoms with van der Waals surface area (Å²) < 4.78 is 12.0. The molecule has 0 N–H and O–H groups in total. The Balaban J connectivity index is 0. The molecule has 0 aromatic rings. The predicted octanol–water partition coefficient (Wildman–Crippen LogP) is 9.84. The number of halogens is 1. The van der Waals surface area contributed by atoms with Crippen LogP contribution in [0.3, 0.4) is 0 Å². The molecule has 0 aliphatic rings. The van der Waals surface area contributed by atoms with Gasteiger partial charge in [0.25, 0.3) is 0 Å². The number of unbranched alkanes of at least 4 members (excludes halogenated alkanes) is 26. The van der Waals surface area contributed by atoms with E-state index in [0.717, 1.165) is 32.1 Å². The molecular formula is C43H84ClNO4. The Labute approximate surface area is 312 Å². The minimum Gasteiger partial charge on any atom is -1.00 e. The van der Waals surface area contributed by atoms with E-state index in [2.05, 4.69) is 47.1 Å². The van der Waals surface area contributed by atoms with E-state index in [-0.39, 0.29) is 30.8 Å². The molecule has 0 aromatic carbocycles. The normalized spacial score (nSPS) is 12.3. The minimum absolute atomic E-state index is 0. The Morgan fingerprint density at radius 1 is 0.510 bits per heavy atom. The molecule has 0 saturated heterocycles. The van der Waals surface area contributed by atoms with Gasteiger partial charge in [0, 0.05) is 6.42 Å². The van der Waals surface area contributed by atoms with Crippen LogP contribution in [0.5, 0.6) is 0 Å². The van der Waals surface area contributed by atoms with Crippen molar-refractivity contribution in [3.8, 4) is 0 Å². The molecule has 6 heteroatoms. The monoisotopic (exact) mass is 714 g/mol. The van der Waals surface area contributed by atoms with Gasteiger partial charge in [-0.15, -0.1) is 0 Å². The standard InChI is InChI=1S/C43H84NO4.ClH/c1-6-8-10-12-14-16-18-20-22-24-26-28-30-32-34-36-38-47-43(46)39-41(40-44(3,4)5)48-42(45)37-35-33-31-29-27-25-23-21-19-17-15-13-11-9-7-2;/h21,23,41H,6-20,22,24-40H2,1-5H3;1H/q+1;/p-1/b23-21-;. The molecule has 0 aliphatic heterocycles. The Morgan fingerprint density at radius 2 is 0.878 bits per heavy atom. The first-order valence-electron chi connectivity index (χ1n) is 21.1. The number of hydrogen-bond acceptors (Lipinski definition) is 4. The fraction of sp³-hybridized carbons (Fsp3) is 0.907. The molecule has 0 aromatic heterocycles. The topological polar surface area (TPSA) is 52.6 Å². The molecule has 0 bridgehead atoms. The van der Waals surface area contributed by atoms with Crippen LogP contribution in [0.25, 0.3) is 0 Å². The van der Waals surface area contributed by atoms with Crippen molar-refractivity contribution in [1.29, 1.82) is 0 Å². The highest BCUT2D eigenvalue weighted by Crippen LogP contribution is 2.15. The van der Waals surface area contributed by atoms with E-state index in [1.165, 1.54) is 154 Å². The van der Waals surface area contributed by atoms with E-state index in [9.17, 15) is 9.59 Å². The lowest BCUT2D eigenvalue weighted by molar-refractivity contribution is -0.873. The van der Waals surface area contributed by atoms with Gasteiger partial charge in [0.1, 0.15) is 6.54 Å². The zero-order valence-electron chi connectivity index (χ0n) is 33.5. The maximum absolute atomic E-state index is 12.6. The fourth-order valence-electron chi connectivity index (χ4n) is 6.42. The van der Waals surface area contributed by atoms with Crippen molar-refractivity contribution in [2.24, 2.45) is 0 Å². The van der Waals surface area contributed by atoms with Crippen LogP contribution in [0.2, 0.25) is 0 Å². The van der Waals surface area contributed by atoms with Crippen LogP contribution < -0.4 is 12.4 Å². The van der Waals surface area contributed by atoms with Crippen molar-refractivity contribution < 1.29 is 36.0 Å². The molecule has 0 radical (unpaired) electrons. The van der Waals surface area contributed by atoms with Gasteiger partial charge in [0.15, 0.2) is 6.10 Å². The van der Waals surface area contributed by atoms with Crippen molar-refractivity contribution >= 4 is 11.9 Å². The summed E-state index contributed by atoms with van der Waals surface area (Å²) in [7, 11) is 6.19. The van der Waals surface area contributed by atoms with Crippen molar-refractivity contribution in [3.63, 3.8) is 0 Å². The van der Waals surface area contributed by atoms with Gasteiger partial charge in [-0.2, -0.15) is 0 Å². The quantitative estimate of drug-likeness (QED) is 0.0278. The van der Waals surface area contributed by atoms with Gasteiger partial charge in [0.2, 0.25) is 0 Å². The van der Waals surface area contributed by atoms with E-state index < -0.39 is 6.10 Å². The second-order valence-corrected chi connectivity index (χ2v) is 15.6. The number of likely N-dealkylation sites (N-methyl/N-ethyl adjacent to an activating group) is 1. The summed E-state index contributed by atoms with van der Waals surface area (Å²) in [6.07, 6.45) is 42.2. The Hall–Kier alpha value is -1.07. The number of carbonyl (C=O) groups is 2. The first kappa shape index (κ1) is 50.0. The molecule has 5 nitrogen and oxygen atoms in total. The lowest BCUT2D eigenvalue weighted by Gasteiger charge is -2.28.